The maximum Gasteiger partial charge on any atom is 0.165 e. The number of benzene rings is 7. The van der Waals surface area contributed by atoms with Crippen molar-refractivity contribution < 1.29 is 8.83 Å². The molecule has 0 amide bonds. The molecule has 0 fully saturated rings. The van der Waals surface area contributed by atoms with Crippen LogP contribution in [0.1, 0.15) is 30.6 Å². The van der Waals surface area contributed by atoms with E-state index in [1.807, 2.05) is 18.2 Å². The van der Waals surface area contributed by atoms with Crippen LogP contribution in [0.15, 0.2) is 167 Å². The first-order valence-corrected chi connectivity index (χ1v) is 20.5. The number of allylic oxidation sites excluding steroid dienone is 1. The SMILES string of the molecule is CC1CC=Cc2oc3ccc(-c4cccc5c4oc4ccccc45)c(-c4nc(-c5ccc(-c6ccccc6)cc5)nc(-c5cccc6sc7ccccc7c56)n4)c3c21. The van der Waals surface area contributed by atoms with Crippen LogP contribution in [0.4, 0.5) is 0 Å². The number of hydrogen-bond acceptors (Lipinski definition) is 6. The summed E-state index contributed by atoms with van der Waals surface area (Å²) in [5, 5.41) is 5.52. The second-order valence-corrected chi connectivity index (χ2v) is 16.2. The fourth-order valence-corrected chi connectivity index (χ4v) is 10.0. The summed E-state index contributed by atoms with van der Waals surface area (Å²) < 4.78 is 15.8. The van der Waals surface area contributed by atoms with Crippen LogP contribution in [0.2, 0.25) is 0 Å². The Morgan fingerprint density at radius 3 is 2.09 bits per heavy atom. The molecule has 0 saturated heterocycles. The van der Waals surface area contributed by atoms with Crippen LogP contribution in [0.25, 0.3) is 116 Å². The van der Waals surface area contributed by atoms with Gasteiger partial charge in [0.15, 0.2) is 17.5 Å². The topological polar surface area (TPSA) is 65.0 Å². The van der Waals surface area contributed by atoms with Crippen LogP contribution in [-0.2, 0) is 0 Å². The largest absolute Gasteiger partial charge is 0.456 e. The molecule has 4 aromatic heterocycles. The summed E-state index contributed by atoms with van der Waals surface area (Å²) in [6.45, 7) is 2.27. The van der Waals surface area contributed by atoms with Crippen molar-refractivity contribution in [2.24, 2.45) is 0 Å². The van der Waals surface area contributed by atoms with Crippen LogP contribution in [0.3, 0.4) is 0 Å². The molecule has 5 nitrogen and oxygen atoms in total. The quantitative estimate of drug-likeness (QED) is 0.175. The average molecular weight is 764 g/mol. The molecule has 7 aromatic carbocycles. The fraction of sp³-hybridized carbons (Fsp3) is 0.0577. The second kappa shape index (κ2) is 12.9. The Kier molecular flexibility index (Phi) is 7.37. The van der Waals surface area contributed by atoms with Gasteiger partial charge in [0.1, 0.15) is 22.5 Å². The molecule has 0 aliphatic heterocycles. The molecule has 11 aromatic rings. The highest BCUT2D eigenvalue weighted by molar-refractivity contribution is 7.25. The predicted octanol–water partition coefficient (Wildman–Crippen LogP) is 14.7. The van der Waals surface area contributed by atoms with Crippen molar-refractivity contribution in [3.8, 4) is 56.4 Å². The van der Waals surface area contributed by atoms with Crippen molar-refractivity contribution in [3.63, 3.8) is 0 Å². The maximum absolute atomic E-state index is 6.68. The van der Waals surface area contributed by atoms with Gasteiger partial charge in [-0.25, -0.2) is 15.0 Å². The molecule has 0 saturated carbocycles. The van der Waals surface area contributed by atoms with Gasteiger partial charge in [-0.15, -0.1) is 11.3 Å². The first-order chi connectivity index (χ1) is 28.7. The van der Waals surface area contributed by atoms with E-state index in [2.05, 4.69) is 153 Å². The number of nitrogens with zero attached hydrogens (tertiary/aromatic N) is 3. The van der Waals surface area contributed by atoms with Gasteiger partial charge < -0.3 is 8.83 Å². The molecule has 12 rings (SSSR count). The third-order valence-electron chi connectivity index (χ3n) is 11.6. The molecule has 1 aliphatic carbocycles. The highest BCUT2D eigenvalue weighted by Gasteiger charge is 2.29. The molecule has 4 heterocycles. The molecule has 274 valence electrons. The third-order valence-corrected chi connectivity index (χ3v) is 12.8. The molecule has 1 unspecified atom stereocenters. The lowest BCUT2D eigenvalue weighted by atomic mass is 9.86. The zero-order chi connectivity index (χ0) is 38.3. The molecule has 0 radical (unpaired) electrons. The molecular formula is C52H33N3O2S. The van der Waals surface area contributed by atoms with E-state index in [0.717, 1.165) is 89.4 Å². The minimum Gasteiger partial charge on any atom is -0.456 e. The van der Waals surface area contributed by atoms with Crippen LogP contribution in [-0.4, -0.2) is 15.0 Å². The van der Waals surface area contributed by atoms with Gasteiger partial charge in [0.05, 0.1) is 0 Å². The van der Waals surface area contributed by atoms with Gasteiger partial charge in [0, 0.05) is 64.1 Å². The van der Waals surface area contributed by atoms with Crippen molar-refractivity contribution >= 4 is 70.5 Å². The van der Waals surface area contributed by atoms with Gasteiger partial charge in [-0.1, -0.05) is 134 Å². The lowest BCUT2D eigenvalue weighted by Gasteiger charge is -2.17. The molecule has 6 heteroatoms. The van der Waals surface area contributed by atoms with Gasteiger partial charge in [-0.05, 0) is 65.4 Å². The Bertz CT molecular complexity index is 3450. The first kappa shape index (κ1) is 33.0. The molecule has 0 spiro atoms. The van der Waals surface area contributed by atoms with E-state index in [1.165, 1.54) is 20.3 Å². The van der Waals surface area contributed by atoms with Gasteiger partial charge in [0.25, 0.3) is 0 Å². The van der Waals surface area contributed by atoms with Crippen molar-refractivity contribution in [2.45, 2.75) is 19.3 Å². The highest BCUT2D eigenvalue weighted by atomic mass is 32.1. The van der Waals surface area contributed by atoms with Gasteiger partial charge in [0.2, 0.25) is 0 Å². The molecule has 0 N–H and O–H groups in total. The van der Waals surface area contributed by atoms with Crippen LogP contribution in [0.5, 0.6) is 0 Å². The summed E-state index contributed by atoms with van der Waals surface area (Å²) in [4.78, 5) is 16.3. The van der Waals surface area contributed by atoms with E-state index < -0.39 is 0 Å². The average Bonchev–Trinajstić information content (AvgIpc) is 3.98. The van der Waals surface area contributed by atoms with Gasteiger partial charge >= 0.3 is 0 Å². The number of fused-ring (bicyclic) bond motifs is 9. The number of thiophene rings is 1. The highest BCUT2D eigenvalue weighted by Crippen LogP contribution is 2.48. The molecule has 0 bridgehead atoms. The van der Waals surface area contributed by atoms with E-state index >= 15 is 0 Å². The number of para-hydroxylation sites is 2. The van der Waals surface area contributed by atoms with Crippen molar-refractivity contribution in [1.29, 1.82) is 0 Å². The van der Waals surface area contributed by atoms with Crippen molar-refractivity contribution in [1.82, 2.24) is 15.0 Å². The molecule has 1 atom stereocenters. The Hall–Kier alpha value is -7.15. The van der Waals surface area contributed by atoms with E-state index in [9.17, 15) is 0 Å². The first-order valence-electron chi connectivity index (χ1n) is 19.7. The number of hydrogen-bond donors (Lipinski definition) is 0. The van der Waals surface area contributed by atoms with E-state index in [-0.39, 0.29) is 5.92 Å². The molecule has 1 aliphatic rings. The zero-order valence-electron chi connectivity index (χ0n) is 31.4. The summed E-state index contributed by atoms with van der Waals surface area (Å²) in [7, 11) is 0. The molecule has 58 heavy (non-hydrogen) atoms. The normalized spacial score (nSPS) is 14.0. The fourth-order valence-electron chi connectivity index (χ4n) is 8.90. The zero-order valence-corrected chi connectivity index (χ0v) is 32.3. The van der Waals surface area contributed by atoms with Crippen molar-refractivity contribution in [3.05, 3.63) is 169 Å². The number of aromatic nitrogens is 3. The van der Waals surface area contributed by atoms with Gasteiger partial charge in [-0.3, -0.25) is 0 Å². The van der Waals surface area contributed by atoms with E-state index in [0.29, 0.717) is 17.5 Å². The Labute approximate surface area is 337 Å². The summed E-state index contributed by atoms with van der Waals surface area (Å²) in [5.41, 5.74) is 10.7. The van der Waals surface area contributed by atoms with Crippen molar-refractivity contribution in [2.75, 3.05) is 0 Å². The lowest BCUT2D eigenvalue weighted by Crippen LogP contribution is -2.03. The Morgan fingerprint density at radius 2 is 1.19 bits per heavy atom. The Balaban J connectivity index is 1.18. The smallest absolute Gasteiger partial charge is 0.165 e. The van der Waals surface area contributed by atoms with Crippen LogP contribution in [0, 0.1) is 0 Å². The second-order valence-electron chi connectivity index (χ2n) is 15.1. The van der Waals surface area contributed by atoms with Crippen LogP contribution < -0.4 is 0 Å². The number of furan rings is 2. The minimum atomic E-state index is 0.231. The standard InChI is InChI=1S/C52H33N3O2S/c1-30-12-9-21-41-45(30)48-42(56-41)29-28-35(37-18-10-17-36-34-15-5-7-20-40(34)57-49(36)37)47(48)52-54-50(33-26-24-32(25-27-33)31-13-3-2-4-14-31)53-51(55-52)39-19-11-23-44-46(39)38-16-6-8-22-43(38)58-44/h2-11,13-30H,12H2,1H3. The Morgan fingerprint density at radius 1 is 0.500 bits per heavy atom. The summed E-state index contributed by atoms with van der Waals surface area (Å²) >= 11 is 1.79. The lowest BCUT2D eigenvalue weighted by molar-refractivity contribution is 0.586. The van der Waals surface area contributed by atoms with Gasteiger partial charge in [-0.2, -0.15) is 0 Å². The maximum atomic E-state index is 6.68. The third kappa shape index (κ3) is 5.12. The van der Waals surface area contributed by atoms with Crippen LogP contribution >= 0.6 is 11.3 Å². The summed E-state index contributed by atoms with van der Waals surface area (Å²) in [5.74, 6) is 2.93. The van der Waals surface area contributed by atoms with E-state index in [1.54, 1.807) is 11.3 Å². The summed E-state index contributed by atoms with van der Waals surface area (Å²) in [6.07, 6.45) is 5.23. The number of rotatable bonds is 5. The predicted molar refractivity (Wildman–Crippen MR) is 239 cm³/mol. The van der Waals surface area contributed by atoms with E-state index in [4.69, 9.17) is 23.8 Å². The minimum absolute atomic E-state index is 0.231. The monoisotopic (exact) mass is 763 g/mol. The summed E-state index contributed by atoms with van der Waals surface area (Å²) in [6, 6.07) is 52.9. The molecular weight excluding hydrogens is 731 g/mol.